The standard InChI is InChI=1S/C17H16ClF2N3O2/c1-23(9-16(24)21-13-4-2-3-11(19)7-13)10-17(25)22-15-6-5-12(20)8-14(15)18/h2-8H,9-10H2,1H3,(H,21,24)(H,22,25)/p+1. The van der Waals surface area contributed by atoms with Gasteiger partial charge >= 0.3 is 0 Å². The summed E-state index contributed by atoms with van der Waals surface area (Å²) in [5.74, 6) is -1.67. The minimum atomic E-state index is -0.500. The second-order valence-corrected chi connectivity index (χ2v) is 5.95. The third-order valence-corrected chi connectivity index (χ3v) is 3.55. The molecule has 5 nitrogen and oxygen atoms in total. The molecule has 0 aliphatic carbocycles. The number of benzene rings is 2. The quantitative estimate of drug-likeness (QED) is 0.727. The number of hydrogen-bond acceptors (Lipinski definition) is 2. The fourth-order valence-electron chi connectivity index (χ4n) is 2.17. The summed E-state index contributed by atoms with van der Waals surface area (Å²) in [6.07, 6.45) is 0. The highest BCUT2D eigenvalue weighted by Crippen LogP contribution is 2.21. The van der Waals surface area contributed by atoms with Gasteiger partial charge in [0.2, 0.25) is 0 Å². The number of quaternary nitrogens is 1. The largest absolute Gasteiger partial charge is 0.322 e. The van der Waals surface area contributed by atoms with E-state index >= 15 is 0 Å². The van der Waals surface area contributed by atoms with E-state index in [0.29, 0.717) is 16.3 Å². The second-order valence-electron chi connectivity index (χ2n) is 5.54. The molecule has 0 aromatic heterocycles. The fourth-order valence-corrected chi connectivity index (χ4v) is 2.38. The Morgan fingerprint density at radius 1 is 1.00 bits per heavy atom. The lowest BCUT2D eigenvalue weighted by Crippen LogP contribution is -3.11. The summed E-state index contributed by atoms with van der Waals surface area (Å²) in [7, 11) is 1.66. The number of nitrogens with one attached hydrogen (secondary N) is 3. The Bertz CT molecular complexity index is 786. The molecule has 1 atom stereocenters. The summed E-state index contributed by atoms with van der Waals surface area (Å²) in [4.78, 5) is 24.5. The molecule has 0 aliphatic heterocycles. The molecular formula is C17H17ClF2N3O2+. The Labute approximate surface area is 148 Å². The van der Waals surface area contributed by atoms with E-state index in [4.69, 9.17) is 11.6 Å². The molecule has 25 heavy (non-hydrogen) atoms. The van der Waals surface area contributed by atoms with E-state index in [9.17, 15) is 18.4 Å². The van der Waals surface area contributed by atoms with Crippen LogP contribution in [0.1, 0.15) is 0 Å². The van der Waals surface area contributed by atoms with Crippen molar-refractivity contribution in [2.75, 3.05) is 30.8 Å². The first kappa shape index (κ1) is 18.8. The first-order valence-corrected chi connectivity index (χ1v) is 7.83. The van der Waals surface area contributed by atoms with Crippen LogP contribution in [0.2, 0.25) is 5.02 Å². The normalized spacial score (nSPS) is 11.7. The third kappa shape index (κ3) is 6.13. The first-order chi connectivity index (χ1) is 11.8. The van der Waals surface area contributed by atoms with E-state index in [2.05, 4.69) is 10.6 Å². The number of carbonyl (C=O) groups is 2. The number of carbonyl (C=O) groups excluding carboxylic acids is 2. The van der Waals surface area contributed by atoms with Gasteiger partial charge in [-0.05, 0) is 36.4 Å². The van der Waals surface area contributed by atoms with Crippen LogP contribution in [0.5, 0.6) is 0 Å². The molecule has 0 saturated carbocycles. The van der Waals surface area contributed by atoms with Crippen molar-refractivity contribution in [2.24, 2.45) is 0 Å². The van der Waals surface area contributed by atoms with Crippen LogP contribution in [0.4, 0.5) is 20.2 Å². The van der Waals surface area contributed by atoms with Gasteiger partial charge in [0.15, 0.2) is 13.1 Å². The Kier molecular flexibility index (Phi) is 6.44. The molecule has 0 saturated heterocycles. The van der Waals surface area contributed by atoms with E-state index in [1.165, 1.54) is 30.3 Å². The van der Waals surface area contributed by atoms with Gasteiger partial charge in [-0.2, -0.15) is 0 Å². The fraction of sp³-hybridized carbons (Fsp3) is 0.176. The Hall–Kier alpha value is -2.51. The molecule has 2 aromatic carbocycles. The number of halogens is 3. The van der Waals surface area contributed by atoms with E-state index in [-0.39, 0.29) is 29.9 Å². The lowest BCUT2D eigenvalue weighted by Gasteiger charge is -2.14. The van der Waals surface area contributed by atoms with Crippen LogP contribution in [-0.4, -0.2) is 32.0 Å². The van der Waals surface area contributed by atoms with Crippen LogP contribution in [0, 0.1) is 11.6 Å². The monoisotopic (exact) mass is 368 g/mol. The number of likely N-dealkylation sites (N-methyl/N-ethyl adjacent to an activating group) is 1. The van der Waals surface area contributed by atoms with Gasteiger partial charge < -0.3 is 15.5 Å². The molecule has 0 fully saturated rings. The molecule has 0 heterocycles. The van der Waals surface area contributed by atoms with E-state index in [0.717, 1.165) is 6.07 Å². The maximum Gasteiger partial charge on any atom is 0.279 e. The zero-order chi connectivity index (χ0) is 18.4. The highest BCUT2D eigenvalue weighted by molar-refractivity contribution is 6.33. The van der Waals surface area contributed by atoms with Crippen LogP contribution in [-0.2, 0) is 9.59 Å². The topological polar surface area (TPSA) is 62.6 Å². The van der Waals surface area contributed by atoms with E-state index in [1.807, 2.05) is 0 Å². The van der Waals surface area contributed by atoms with Gasteiger partial charge in [-0.1, -0.05) is 17.7 Å². The van der Waals surface area contributed by atoms with Crippen LogP contribution < -0.4 is 15.5 Å². The molecule has 1 unspecified atom stereocenters. The lowest BCUT2D eigenvalue weighted by molar-refractivity contribution is -0.862. The molecule has 0 spiro atoms. The van der Waals surface area contributed by atoms with Crippen LogP contribution in [0.15, 0.2) is 42.5 Å². The van der Waals surface area contributed by atoms with Gasteiger partial charge in [-0.25, -0.2) is 8.78 Å². The van der Waals surface area contributed by atoms with Gasteiger partial charge in [-0.3, -0.25) is 9.59 Å². The van der Waals surface area contributed by atoms with Crippen LogP contribution in [0.25, 0.3) is 0 Å². The summed E-state index contributed by atoms with van der Waals surface area (Å²) in [5, 5.41) is 5.21. The van der Waals surface area contributed by atoms with Crippen molar-refractivity contribution >= 4 is 34.8 Å². The number of rotatable bonds is 6. The SMILES string of the molecule is C[NH+](CC(=O)Nc1cccc(F)c1)CC(=O)Nc1ccc(F)cc1Cl. The Morgan fingerprint density at radius 2 is 1.64 bits per heavy atom. The number of hydrogen-bond donors (Lipinski definition) is 3. The summed E-state index contributed by atoms with van der Waals surface area (Å²) in [5.41, 5.74) is 0.644. The van der Waals surface area contributed by atoms with Gasteiger partial charge in [0.1, 0.15) is 11.6 Å². The Morgan fingerprint density at radius 3 is 2.28 bits per heavy atom. The molecule has 2 amide bonds. The summed E-state index contributed by atoms with van der Waals surface area (Å²) >= 11 is 5.84. The van der Waals surface area contributed by atoms with Gasteiger partial charge in [-0.15, -0.1) is 0 Å². The molecule has 8 heteroatoms. The van der Waals surface area contributed by atoms with Crippen molar-refractivity contribution in [1.29, 1.82) is 0 Å². The zero-order valence-corrected chi connectivity index (χ0v) is 14.2. The summed E-state index contributed by atoms with van der Waals surface area (Å²) in [6.45, 7) is 0.0192. The van der Waals surface area contributed by atoms with Crippen molar-refractivity contribution in [1.82, 2.24) is 0 Å². The van der Waals surface area contributed by atoms with E-state index < -0.39 is 11.6 Å². The van der Waals surface area contributed by atoms with Crippen molar-refractivity contribution in [3.63, 3.8) is 0 Å². The number of amides is 2. The van der Waals surface area contributed by atoms with Crippen molar-refractivity contribution in [3.8, 4) is 0 Å². The predicted octanol–water partition coefficient (Wildman–Crippen LogP) is 1.71. The van der Waals surface area contributed by atoms with Gasteiger partial charge in [0, 0.05) is 5.69 Å². The van der Waals surface area contributed by atoms with E-state index in [1.54, 1.807) is 13.1 Å². The molecule has 0 aliphatic rings. The lowest BCUT2D eigenvalue weighted by atomic mass is 10.3. The molecule has 2 rings (SSSR count). The van der Waals surface area contributed by atoms with Gasteiger partial charge in [0.05, 0.1) is 17.8 Å². The average molecular weight is 369 g/mol. The maximum atomic E-state index is 13.1. The second kappa shape index (κ2) is 8.55. The highest BCUT2D eigenvalue weighted by atomic mass is 35.5. The van der Waals surface area contributed by atoms with Crippen molar-refractivity contribution in [2.45, 2.75) is 0 Å². The van der Waals surface area contributed by atoms with Crippen LogP contribution >= 0.6 is 11.6 Å². The minimum absolute atomic E-state index is 0.00424. The Balaban J connectivity index is 1.83. The molecular weight excluding hydrogens is 352 g/mol. The maximum absolute atomic E-state index is 13.1. The van der Waals surface area contributed by atoms with Crippen molar-refractivity contribution < 1.29 is 23.3 Å². The molecule has 0 bridgehead atoms. The van der Waals surface area contributed by atoms with Crippen LogP contribution in [0.3, 0.4) is 0 Å². The van der Waals surface area contributed by atoms with Gasteiger partial charge in [0.25, 0.3) is 11.8 Å². The minimum Gasteiger partial charge on any atom is -0.322 e. The average Bonchev–Trinajstić information content (AvgIpc) is 2.49. The third-order valence-electron chi connectivity index (χ3n) is 3.24. The molecule has 132 valence electrons. The number of anilines is 2. The predicted molar refractivity (Wildman–Crippen MR) is 91.7 cm³/mol. The summed E-state index contributed by atoms with van der Waals surface area (Å²) in [6, 6.07) is 9.18. The molecule has 2 aromatic rings. The van der Waals surface area contributed by atoms with Crippen molar-refractivity contribution in [3.05, 3.63) is 59.1 Å². The highest BCUT2D eigenvalue weighted by Gasteiger charge is 2.15. The zero-order valence-electron chi connectivity index (χ0n) is 13.4. The smallest absolute Gasteiger partial charge is 0.279 e. The molecule has 3 N–H and O–H groups in total. The summed E-state index contributed by atoms with van der Waals surface area (Å²) < 4.78 is 26.0. The molecule has 0 radical (unpaired) electrons. The first-order valence-electron chi connectivity index (χ1n) is 7.45.